The van der Waals surface area contributed by atoms with E-state index in [2.05, 4.69) is 10.5 Å². The third-order valence-corrected chi connectivity index (χ3v) is 5.69. The summed E-state index contributed by atoms with van der Waals surface area (Å²) in [5.74, 6) is 1.35. The highest BCUT2D eigenvalue weighted by Gasteiger charge is 2.54. The Hall–Kier alpha value is -2.73. The topological polar surface area (TPSA) is 64.4 Å². The molecule has 1 N–H and O–H groups in total. The van der Waals surface area contributed by atoms with E-state index in [0.717, 1.165) is 34.7 Å². The fourth-order valence-corrected chi connectivity index (χ4v) is 3.68. The van der Waals surface area contributed by atoms with E-state index in [4.69, 9.17) is 9.26 Å². The van der Waals surface area contributed by atoms with Crippen molar-refractivity contribution in [1.29, 1.82) is 0 Å². The third-order valence-electron chi connectivity index (χ3n) is 4.89. The summed E-state index contributed by atoms with van der Waals surface area (Å²) in [6.07, 6.45) is 3.53. The van der Waals surface area contributed by atoms with Crippen molar-refractivity contribution in [3.05, 3.63) is 60.3 Å². The summed E-state index contributed by atoms with van der Waals surface area (Å²) in [5.41, 5.74) is 1.78. The van der Waals surface area contributed by atoms with Crippen LogP contribution in [-0.4, -0.2) is 24.4 Å². The maximum Gasteiger partial charge on any atom is 0.236 e. The minimum Gasteiger partial charge on any atom is -0.497 e. The van der Waals surface area contributed by atoms with Crippen LogP contribution in [0.2, 0.25) is 0 Å². The Kier molecular flexibility index (Phi) is 4.66. The van der Waals surface area contributed by atoms with E-state index in [0.29, 0.717) is 11.5 Å². The van der Waals surface area contributed by atoms with Crippen molar-refractivity contribution in [2.75, 3.05) is 18.7 Å². The molecule has 1 heterocycles. The molecule has 5 nitrogen and oxygen atoms in total. The van der Waals surface area contributed by atoms with E-state index in [1.807, 2.05) is 60.9 Å². The summed E-state index contributed by atoms with van der Waals surface area (Å²) in [6, 6.07) is 17.3. The molecule has 27 heavy (non-hydrogen) atoms. The van der Waals surface area contributed by atoms with Gasteiger partial charge in [-0.2, -0.15) is 0 Å². The van der Waals surface area contributed by atoms with E-state index in [1.165, 1.54) is 0 Å². The fraction of sp³-hybridized carbons (Fsp3) is 0.238. The van der Waals surface area contributed by atoms with E-state index >= 15 is 0 Å². The highest BCUT2D eigenvalue weighted by Crippen LogP contribution is 2.49. The summed E-state index contributed by atoms with van der Waals surface area (Å²) in [5, 5.41) is 7.27. The number of methoxy groups -OCH3 is 1. The Morgan fingerprint density at radius 2 is 2.00 bits per heavy atom. The van der Waals surface area contributed by atoms with Crippen LogP contribution in [0.5, 0.6) is 5.75 Å². The number of benzene rings is 2. The molecule has 1 amide bonds. The lowest BCUT2D eigenvalue weighted by molar-refractivity contribution is -0.118. The number of hydrogen-bond donors (Lipinski definition) is 1. The van der Waals surface area contributed by atoms with Crippen LogP contribution in [0.25, 0.3) is 11.3 Å². The lowest BCUT2D eigenvalue weighted by Crippen LogP contribution is -2.28. The van der Waals surface area contributed by atoms with E-state index in [9.17, 15) is 4.79 Å². The SMILES string of the molecule is COc1cccc(-c2cc(C3(C(=O)Nc4ccccc4SC)CC3)no2)c1. The van der Waals surface area contributed by atoms with Crippen LogP contribution in [0.4, 0.5) is 5.69 Å². The molecule has 0 bridgehead atoms. The number of nitrogens with zero attached hydrogens (tertiary/aromatic N) is 1. The number of hydrogen-bond acceptors (Lipinski definition) is 5. The van der Waals surface area contributed by atoms with Gasteiger partial charge in [0.2, 0.25) is 5.91 Å². The molecular formula is C21H20N2O3S. The van der Waals surface area contributed by atoms with Crippen molar-refractivity contribution in [2.24, 2.45) is 0 Å². The summed E-state index contributed by atoms with van der Waals surface area (Å²) in [4.78, 5) is 14.0. The molecule has 1 aliphatic rings. The van der Waals surface area contributed by atoms with Gasteiger partial charge in [-0.05, 0) is 43.4 Å². The molecule has 0 aliphatic heterocycles. The van der Waals surface area contributed by atoms with Crippen molar-refractivity contribution < 1.29 is 14.1 Å². The Morgan fingerprint density at radius 1 is 1.19 bits per heavy atom. The number of carbonyl (C=O) groups is 1. The Bertz CT molecular complexity index is 979. The number of para-hydroxylation sites is 1. The van der Waals surface area contributed by atoms with Gasteiger partial charge in [0.1, 0.15) is 5.75 Å². The minimum absolute atomic E-state index is 0.0329. The fourth-order valence-electron chi connectivity index (χ4n) is 3.13. The molecular weight excluding hydrogens is 360 g/mol. The van der Waals surface area contributed by atoms with Gasteiger partial charge in [0.05, 0.1) is 23.9 Å². The number of nitrogens with one attached hydrogen (secondary N) is 1. The van der Waals surface area contributed by atoms with Crippen LogP contribution in [0.1, 0.15) is 18.5 Å². The average Bonchev–Trinajstić information content (AvgIpc) is 3.38. The van der Waals surface area contributed by atoms with Gasteiger partial charge in [-0.1, -0.05) is 29.4 Å². The number of carbonyl (C=O) groups excluding carboxylic acids is 1. The first-order chi connectivity index (χ1) is 13.2. The first-order valence-electron chi connectivity index (χ1n) is 8.72. The molecule has 1 fully saturated rings. The number of thioether (sulfide) groups is 1. The van der Waals surface area contributed by atoms with Gasteiger partial charge >= 0.3 is 0 Å². The van der Waals surface area contributed by atoms with Crippen molar-refractivity contribution >= 4 is 23.4 Å². The second kappa shape index (κ2) is 7.12. The quantitative estimate of drug-likeness (QED) is 0.626. The van der Waals surface area contributed by atoms with Crippen molar-refractivity contribution in [3.63, 3.8) is 0 Å². The Labute approximate surface area is 162 Å². The molecule has 138 valence electrons. The molecule has 4 rings (SSSR count). The van der Waals surface area contributed by atoms with E-state index in [1.54, 1.807) is 18.9 Å². The number of rotatable bonds is 6. The molecule has 0 unspecified atom stereocenters. The third kappa shape index (κ3) is 3.32. The van der Waals surface area contributed by atoms with Crippen LogP contribution >= 0.6 is 11.8 Å². The standard InChI is InChI=1S/C21H20N2O3S/c1-25-15-7-5-6-14(12-15)17-13-19(23-26-17)21(10-11-21)20(24)22-16-8-3-4-9-18(16)27-2/h3-9,12-13H,10-11H2,1-2H3,(H,22,24). The zero-order valence-corrected chi connectivity index (χ0v) is 16.0. The number of amides is 1. The predicted molar refractivity (Wildman–Crippen MR) is 106 cm³/mol. The highest BCUT2D eigenvalue weighted by atomic mass is 32.2. The van der Waals surface area contributed by atoms with Gasteiger partial charge in [-0.25, -0.2) is 0 Å². The molecule has 1 aromatic heterocycles. The second-order valence-corrected chi connectivity index (χ2v) is 7.39. The van der Waals surface area contributed by atoms with E-state index < -0.39 is 5.41 Å². The zero-order valence-electron chi connectivity index (χ0n) is 15.2. The number of ether oxygens (including phenoxy) is 1. The molecule has 0 spiro atoms. The maximum atomic E-state index is 13.0. The first kappa shape index (κ1) is 17.7. The molecule has 3 aromatic rings. The molecule has 1 aliphatic carbocycles. The van der Waals surface area contributed by atoms with Crippen molar-refractivity contribution in [3.8, 4) is 17.1 Å². The van der Waals surface area contributed by atoms with Gasteiger partial charge in [-0.15, -0.1) is 11.8 Å². The van der Waals surface area contributed by atoms with Crippen molar-refractivity contribution in [1.82, 2.24) is 5.16 Å². The lowest BCUT2D eigenvalue weighted by atomic mass is 10.00. The number of aromatic nitrogens is 1. The summed E-state index contributed by atoms with van der Waals surface area (Å²) in [6.45, 7) is 0. The smallest absolute Gasteiger partial charge is 0.236 e. The monoisotopic (exact) mass is 380 g/mol. The second-order valence-electron chi connectivity index (χ2n) is 6.54. The van der Waals surface area contributed by atoms with Gasteiger partial charge in [0.15, 0.2) is 5.76 Å². The predicted octanol–water partition coefficient (Wildman–Crippen LogP) is 4.74. The average molecular weight is 380 g/mol. The maximum absolute atomic E-state index is 13.0. The summed E-state index contributed by atoms with van der Waals surface area (Å²) >= 11 is 1.61. The number of anilines is 1. The summed E-state index contributed by atoms with van der Waals surface area (Å²) < 4.78 is 10.8. The highest BCUT2D eigenvalue weighted by molar-refractivity contribution is 7.98. The lowest BCUT2D eigenvalue weighted by Gasteiger charge is -2.14. The van der Waals surface area contributed by atoms with E-state index in [-0.39, 0.29) is 5.91 Å². The van der Waals surface area contributed by atoms with Crippen LogP contribution in [0.3, 0.4) is 0 Å². The summed E-state index contributed by atoms with van der Waals surface area (Å²) in [7, 11) is 1.63. The molecule has 0 saturated heterocycles. The van der Waals surface area contributed by atoms with Crippen LogP contribution < -0.4 is 10.1 Å². The first-order valence-corrected chi connectivity index (χ1v) is 9.95. The molecule has 6 heteroatoms. The normalized spacial score (nSPS) is 14.6. The molecule has 0 radical (unpaired) electrons. The van der Waals surface area contributed by atoms with Crippen LogP contribution in [0.15, 0.2) is 64.0 Å². The molecule has 1 saturated carbocycles. The van der Waals surface area contributed by atoms with Gasteiger partial charge in [0.25, 0.3) is 0 Å². The van der Waals surface area contributed by atoms with Gasteiger partial charge in [0, 0.05) is 16.5 Å². The van der Waals surface area contributed by atoms with Crippen LogP contribution in [0, 0.1) is 0 Å². The largest absolute Gasteiger partial charge is 0.497 e. The molecule has 2 aromatic carbocycles. The Morgan fingerprint density at radius 3 is 2.74 bits per heavy atom. The zero-order chi connectivity index (χ0) is 18.9. The molecule has 0 atom stereocenters. The Balaban J connectivity index is 1.58. The van der Waals surface area contributed by atoms with Crippen molar-refractivity contribution in [2.45, 2.75) is 23.2 Å². The van der Waals surface area contributed by atoms with Gasteiger partial charge < -0.3 is 14.6 Å². The minimum atomic E-state index is -0.605. The van der Waals surface area contributed by atoms with Crippen LogP contribution in [-0.2, 0) is 10.2 Å². The van der Waals surface area contributed by atoms with Gasteiger partial charge in [-0.3, -0.25) is 4.79 Å².